The number of rotatable bonds is 20. The summed E-state index contributed by atoms with van der Waals surface area (Å²) in [7, 11) is 0. The van der Waals surface area contributed by atoms with Gasteiger partial charge in [0, 0.05) is 12.8 Å². The normalized spacial score (nSPS) is 10.9. The van der Waals surface area contributed by atoms with Gasteiger partial charge in [0.15, 0.2) is 5.92 Å². The van der Waals surface area contributed by atoms with Gasteiger partial charge in [-0.3, -0.25) is 9.59 Å². The first-order valence-electron chi connectivity index (χ1n) is 17.4. The molecule has 0 heterocycles. The maximum absolute atomic E-state index is 13.0. The van der Waals surface area contributed by atoms with Gasteiger partial charge in [0.25, 0.3) is 0 Å². The number of carbonyl (C=O) groups excluding carboxylic acids is 2. The van der Waals surface area contributed by atoms with E-state index in [1.54, 1.807) is 0 Å². The lowest BCUT2D eigenvalue weighted by atomic mass is 10.0. The maximum Gasteiger partial charge on any atom is 0.320 e. The summed E-state index contributed by atoms with van der Waals surface area (Å²) < 4.78 is 23.0. The lowest BCUT2D eigenvalue weighted by Crippen LogP contribution is -2.29. The number of carbonyl (C=O) groups is 2. The SMILES string of the molecule is CCCCCC(C(=O)OCCc1ccc(OCc2ccc(CC)cc2)cc1)C(=O)OCCc1ccc(OCc2ccc(CC)cc2)cc1. The second-order valence-electron chi connectivity index (χ2n) is 12.1. The Balaban J connectivity index is 1.18. The minimum atomic E-state index is -0.916. The highest BCUT2D eigenvalue weighted by atomic mass is 16.6. The highest BCUT2D eigenvalue weighted by Crippen LogP contribution is 2.19. The van der Waals surface area contributed by atoms with Crippen molar-refractivity contribution >= 4 is 11.9 Å². The predicted octanol–water partition coefficient (Wildman–Crippen LogP) is 9.04. The van der Waals surface area contributed by atoms with Gasteiger partial charge in [-0.05, 0) is 76.9 Å². The van der Waals surface area contributed by atoms with Crippen LogP contribution < -0.4 is 9.47 Å². The van der Waals surface area contributed by atoms with E-state index in [2.05, 4.69) is 69.3 Å². The van der Waals surface area contributed by atoms with Crippen molar-refractivity contribution in [2.45, 2.75) is 85.4 Å². The molecule has 0 spiro atoms. The molecule has 0 atom stereocenters. The third kappa shape index (κ3) is 12.2. The second-order valence-corrected chi connectivity index (χ2v) is 12.1. The summed E-state index contributed by atoms with van der Waals surface area (Å²) in [5.74, 6) is -0.383. The molecule has 254 valence electrons. The Labute approximate surface area is 286 Å². The van der Waals surface area contributed by atoms with Gasteiger partial charge in [0.2, 0.25) is 0 Å². The smallest absolute Gasteiger partial charge is 0.320 e. The monoisotopic (exact) mass is 650 g/mol. The fourth-order valence-corrected chi connectivity index (χ4v) is 5.25. The molecule has 0 bridgehead atoms. The van der Waals surface area contributed by atoms with Crippen LogP contribution in [0.25, 0.3) is 0 Å². The minimum absolute atomic E-state index is 0.193. The largest absolute Gasteiger partial charge is 0.489 e. The predicted molar refractivity (Wildman–Crippen MR) is 190 cm³/mol. The van der Waals surface area contributed by atoms with Crippen LogP contribution in [0.15, 0.2) is 97.1 Å². The van der Waals surface area contributed by atoms with Crippen LogP contribution >= 0.6 is 0 Å². The van der Waals surface area contributed by atoms with Crippen molar-refractivity contribution in [3.8, 4) is 11.5 Å². The third-order valence-electron chi connectivity index (χ3n) is 8.46. The molecule has 0 saturated heterocycles. The van der Waals surface area contributed by atoms with Crippen molar-refractivity contribution in [1.29, 1.82) is 0 Å². The molecule has 48 heavy (non-hydrogen) atoms. The summed E-state index contributed by atoms with van der Waals surface area (Å²) in [6, 6.07) is 32.5. The van der Waals surface area contributed by atoms with Crippen LogP contribution in [-0.2, 0) is 58.0 Å². The molecule has 0 aromatic heterocycles. The Morgan fingerprint density at radius 2 is 0.875 bits per heavy atom. The fraction of sp³-hybridized carbons (Fsp3) is 0.381. The van der Waals surface area contributed by atoms with Crippen molar-refractivity contribution in [2.24, 2.45) is 5.92 Å². The molecule has 0 unspecified atom stereocenters. The minimum Gasteiger partial charge on any atom is -0.489 e. The van der Waals surface area contributed by atoms with Crippen molar-refractivity contribution in [1.82, 2.24) is 0 Å². The quantitative estimate of drug-likeness (QED) is 0.0540. The number of ether oxygens (including phenoxy) is 4. The van der Waals surface area contributed by atoms with Crippen LogP contribution in [0.4, 0.5) is 0 Å². The molecule has 0 aliphatic rings. The lowest BCUT2D eigenvalue weighted by molar-refractivity contribution is -0.162. The zero-order valence-corrected chi connectivity index (χ0v) is 28.7. The Morgan fingerprint density at radius 1 is 0.500 bits per heavy atom. The van der Waals surface area contributed by atoms with Crippen LogP contribution in [-0.4, -0.2) is 25.2 Å². The van der Waals surface area contributed by atoms with E-state index < -0.39 is 17.9 Å². The lowest BCUT2D eigenvalue weighted by Gasteiger charge is -2.16. The van der Waals surface area contributed by atoms with Gasteiger partial charge < -0.3 is 18.9 Å². The molecule has 0 amide bonds. The Kier molecular flexibility index (Phi) is 15.1. The van der Waals surface area contributed by atoms with E-state index in [0.29, 0.717) is 32.5 Å². The third-order valence-corrected chi connectivity index (χ3v) is 8.46. The molecule has 0 aliphatic carbocycles. The molecule has 4 rings (SSSR count). The number of hydrogen-bond acceptors (Lipinski definition) is 6. The molecule has 0 aliphatic heterocycles. The van der Waals surface area contributed by atoms with E-state index >= 15 is 0 Å². The average Bonchev–Trinajstić information content (AvgIpc) is 3.13. The fourth-order valence-electron chi connectivity index (χ4n) is 5.25. The molecular weight excluding hydrogens is 600 g/mol. The molecule has 0 fully saturated rings. The Hall–Kier alpha value is -4.58. The van der Waals surface area contributed by atoms with Gasteiger partial charge >= 0.3 is 11.9 Å². The summed E-state index contributed by atoms with van der Waals surface area (Å²) in [5, 5.41) is 0. The van der Waals surface area contributed by atoms with Crippen LogP contribution in [0.2, 0.25) is 0 Å². The van der Waals surface area contributed by atoms with Crippen molar-refractivity contribution in [3.05, 3.63) is 130 Å². The zero-order chi connectivity index (χ0) is 34.0. The molecule has 6 nitrogen and oxygen atoms in total. The summed E-state index contributed by atoms with van der Waals surface area (Å²) in [6.45, 7) is 7.77. The standard InChI is InChI=1S/C42H50O6/c1-4-7-8-9-40(41(43)45-28-26-34-18-22-38(23-19-34)47-30-36-14-10-32(5-2)11-15-36)42(44)46-29-27-35-20-24-39(25-21-35)48-31-37-16-12-33(6-3)13-17-37/h10-25,40H,4-9,26-31H2,1-3H3. The van der Waals surface area contributed by atoms with Crippen molar-refractivity contribution in [2.75, 3.05) is 13.2 Å². The highest BCUT2D eigenvalue weighted by Gasteiger charge is 2.29. The van der Waals surface area contributed by atoms with Crippen molar-refractivity contribution in [3.63, 3.8) is 0 Å². The van der Waals surface area contributed by atoms with Gasteiger partial charge in [0.05, 0.1) is 13.2 Å². The molecule has 0 N–H and O–H groups in total. The molecule has 0 saturated carbocycles. The molecule has 4 aromatic carbocycles. The number of unbranched alkanes of at least 4 members (excludes halogenated alkanes) is 2. The Bertz CT molecular complexity index is 1400. The molecule has 4 aromatic rings. The van der Waals surface area contributed by atoms with E-state index in [1.165, 1.54) is 11.1 Å². The van der Waals surface area contributed by atoms with E-state index in [1.807, 2.05) is 48.5 Å². The van der Waals surface area contributed by atoms with E-state index in [-0.39, 0.29) is 13.2 Å². The number of hydrogen-bond donors (Lipinski definition) is 0. The van der Waals surface area contributed by atoms with Crippen LogP contribution in [0.5, 0.6) is 11.5 Å². The van der Waals surface area contributed by atoms with Gasteiger partial charge in [-0.2, -0.15) is 0 Å². The number of esters is 2. The molecular formula is C42H50O6. The first-order valence-corrected chi connectivity index (χ1v) is 17.4. The summed E-state index contributed by atoms with van der Waals surface area (Å²) in [6.07, 6.45) is 6.25. The van der Waals surface area contributed by atoms with E-state index in [0.717, 1.165) is 65.9 Å². The number of aryl methyl sites for hydroxylation is 2. The Morgan fingerprint density at radius 3 is 1.25 bits per heavy atom. The van der Waals surface area contributed by atoms with Gasteiger partial charge in [-0.25, -0.2) is 0 Å². The second kappa shape index (κ2) is 19.9. The maximum atomic E-state index is 13.0. The van der Waals surface area contributed by atoms with E-state index in [9.17, 15) is 9.59 Å². The highest BCUT2D eigenvalue weighted by molar-refractivity contribution is 5.94. The van der Waals surface area contributed by atoms with Gasteiger partial charge in [0.1, 0.15) is 24.7 Å². The summed E-state index contributed by atoms with van der Waals surface area (Å²) in [4.78, 5) is 26.0. The topological polar surface area (TPSA) is 71.1 Å². The van der Waals surface area contributed by atoms with E-state index in [4.69, 9.17) is 18.9 Å². The average molecular weight is 651 g/mol. The molecule has 6 heteroatoms. The first kappa shape index (κ1) is 36.3. The summed E-state index contributed by atoms with van der Waals surface area (Å²) >= 11 is 0. The zero-order valence-electron chi connectivity index (χ0n) is 28.7. The summed E-state index contributed by atoms with van der Waals surface area (Å²) in [5.41, 5.74) is 6.91. The van der Waals surface area contributed by atoms with Gasteiger partial charge in [-0.1, -0.05) is 113 Å². The first-order chi connectivity index (χ1) is 23.5. The van der Waals surface area contributed by atoms with Crippen LogP contribution in [0, 0.1) is 5.92 Å². The van der Waals surface area contributed by atoms with Crippen LogP contribution in [0.3, 0.4) is 0 Å². The van der Waals surface area contributed by atoms with Crippen LogP contribution in [0.1, 0.15) is 79.8 Å². The molecule has 0 radical (unpaired) electrons. The van der Waals surface area contributed by atoms with Crippen molar-refractivity contribution < 1.29 is 28.5 Å². The van der Waals surface area contributed by atoms with Gasteiger partial charge in [-0.15, -0.1) is 0 Å². The number of benzene rings is 4.